The third-order valence-electron chi connectivity index (χ3n) is 22.8. The van der Waals surface area contributed by atoms with Crippen molar-refractivity contribution >= 4 is 37.2 Å². The van der Waals surface area contributed by atoms with Gasteiger partial charge >= 0.3 is 37.2 Å². The van der Waals surface area contributed by atoms with Gasteiger partial charge in [-0.1, -0.05) is 57.9 Å². The van der Waals surface area contributed by atoms with Gasteiger partial charge in [-0.25, -0.2) is 12.5 Å². The topological polar surface area (TPSA) is 521 Å². The summed E-state index contributed by atoms with van der Waals surface area (Å²) in [7, 11) is -14.8. The average molecular weight is 1490 g/mol. The van der Waals surface area contributed by atoms with Gasteiger partial charge in [0.15, 0.2) is 31.5 Å². The largest absolute Gasteiger partial charge is 0.459 e. The normalized spacial score (nSPS) is 46.0. The molecule has 0 amide bonds. The van der Waals surface area contributed by atoms with Crippen LogP contribution in [0, 0.1) is 39.4 Å². The maximum absolute atomic E-state index is 12.6. The summed E-state index contributed by atoms with van der Waals surface area (Å²) in [4.78, 5) is 12.5. The number of carbonyl (C=O) groups excluding carboxylic acids is 1. The van der Waals surface area contributed by atoms with E-state index in [2.05, 4.69) is 49.1 Å². The van der Waals surface area contributed by atoms with Crippen LogP contribution >= 0.6 is 0 Å². The van der Waals surface area contributed by atoms with E-state index >= 15 is 0 Å². The molecule has 35 nitrogen and oxygen atoms in total. The van der Waals surface area contributed by atoms with Gasteiger partial charge in [-0.2, -0.15) is 25.3 Å². The SMILES string of the molecule is CO[C@@H]1[C@@H](O)[C@H](O[C@@H]2[C@@H](O)[C@H](O[C@H]3[C@H](O)[C@@H](O[C@@H]4OC[C@@H](O)[C@H](O)[C@H]4O)[C@H](O[C@H]4[C@H](O[C@H]5CC[C@]6(C)C7=CC[C@]8(C)[C@@H]([C@@](C)(O)[C@@H](CC=C(C)C)OC(C)=O)CC[C@@]8(C)[C@@H]7CC[C@H]6C5(C)C)OC[C@@H](OS(=O)(=O)O)[C@@H]4O)O[C@@H]3C)O[C@H](COS(=O)(=O)O)[C@H]2O)O[C@H](COS(=O)(=O)O)[C@H]1O. The Kier molecular flexibility index (Phi) is 24.9. The summed E-state index contributed by atoms with van der Waals surface area (Å²) in [5.41, 5.74) is -0.796. The van der Waals surface area contributed by atoms with Crippen LogP contribution in [0.4, 0.5) is 0 Å². The molecule has 4 aliphatic carbocycles. The molecule has 0 unspecified atom stereocenters. The first kappa shape index (κ1) is 80.8. The number of aliphatic hydroxyl groups is 10. The minimum atomic E-state index is -5.33. The highest BCUT2D eigenvalue weighted by molar-refractivity contribution is 7.81. The van der Waals surface area contributed by atoms with Crippen molar-refractivity contribution in [3.8, 4) is 0 Å². The van der Waals surface area contributed by atoms with E-state index in [-0.39, 0.29) is 28.6 Å². The molecule has 13 N–H and O–H groups in total. The maximum atomic E-state index is 12.6. The van der Waals surface area contributed by atoms with Crippen molar-refractivity contribution in [2.45, 2.75) is 280 Å². The second-order valence-electron chi connectivity index (χ2n) is 29.5. The van der Waals surface area contributed by atoms with E-state index in [1.165, 1.54) is 19.4 Å². The quantitative estimate of drug-likeness (QED) is 0.0228. The van der Waals surface area contributed by atoms with E-state index < -0.39 is 234 Å². The Balaban J connectivity index is 0.987. The van der Waals surface area contributed by atoms with Crippen molar-refractivity contribution < 1.29 is 164 Å². The van der Waals surface area contributed by atoms with Crippen molar-refractivity contribution in [1.29, 1.82) is 0 Å². The zero-order valence-corrected chi connectivity index (χ0v) is 59.3. The third kappa shape index (κ3) is 16.8. The van der Waals surface area contributed by atoms with Gasteiger partial charge in [0.05, 0.1) is 38.6 Å². The van der Waals surface area contributed by atoms with Gasteiger partial charge in [0.2, 0.25) is 0 Å². The Morgan fingerprint density at radius 3 is 1.75 bits per heavy atom. The van der Waals surface area contributed by atoms with E-state index in [0.717, 1.165) is 31.9 Å². The van der Waals surface area contributed by atoms with Crippen molar-refractivity contribution in [3.05, 3.63) is 23.3 Å². The summed E-state index contributed by atoms with van der Waals surface area (Å²) in [5, 5.41) is 115. The first-order valence-electron chi connectivity index (χ1n) is 33.0. The molecule has 0 spiro atoms. The molecule has 5 heterocycles. The number of hydrogen-bond donors (Lipinski definition) is 13. The molecule has 0 aromatic carbocycles. The summed E-state index contributed by atoms with van der Waals surface area (Å²) in [6, 6.07) is 0. The zero-order valence-electron chi connectivity index (χ0n) is 56.8. The molecule has 572 valence electrons. The lowest BCUT2D eigenvalue weighted by Crippen LogP contribution is -2.68. The highest BCUT2D eigenvalue weighted by Crippen LogP contribution is 2.74. The summed E-state index contributed by atoms with van der Waals surface area (Å²) in [5.74, 6) is -0.635. The minimum Gasteiger partial charge on any atom is -0.459 e. The average Bonchev–Trinajstić information content (AvgIpc) is 1.64. The monoisotopic (exact) mass is 1490 g/mol. The van der Waals surface area contributed by atoms with Crippen molar-refractivity contribution in [1.82, 2.24) is 0 Å². The maximum Gasteiger partial charge on any atom is 0.397 e. The number of hydrogen-bond acceptors (Lipinski definition) is 32. The molecule has 0 aromatic rings. The number of allylic oxidation sites excluding steroid dienone is 3. The number of esters is 1. The van der Waals surface area contributed by atoms with Crippen LogP contribution in [0.15, 0.2) is 23.3 Å². The molecule has 0 aromatic heterocycles. The second-order valence-corrected chi connectivity index (χ2v) is 32.7. The smallest absolute Gasteiger partial charge is 0.397 e. The Bertz CT molecular complexity index is 3210. The lowest BCUT2D eigenvalue weighted by Gasteiger charge is -2.65. The van der Waals surface area contributed by atoms with E-state index in [4.69, 9.17) is 61.0 Å². The van der Waals surface area contributed by atoms with Crippen LogP contribution in [-0.4, -0.2) is 289 Å². The van der Waals surface area contributed by atoms with Crippen molar-refractivity contribution in [2.75, 3.05) is 33.5 Å². The fraction of sp³-hybridized carbons (Fsp3) is 0.918. The molecule has 8 fully saturated rings. The first-order valence-corrected chi connectivity index (χ1v) is 37.1. The zero-order chi connectivity index (χ0) is 73.4. The number of rotatable bonds is 24. The second kappa shape index (κ2) is 30.5. The molecule has 3 saturated carbocycles. The van der Waals surface area contributed by atoms with Crippen LogP contribution in [0.2, 0.25) is 0 Å². The fourth-order valence-electron chi connectivity index (χ4n) is 17.5. The van der Waals surface area contributed by atoms with Crippen molar-refractivity contribution in [3.63, 3.8) is 0 Å². The molecule has 9 rings (SSSR count). The lowest BCUT2D eigenvalue weighted by molar-refractivity contribution is -0.403. The summed E-state index contributed by atoms with van der Waals surface area (Å²) >= 11 is 0. The highest BCUT2D eigenvalue weighted by atomic mass is 32.3. The number of ether oxygens (including phenoxy) is 12. The Hall–Kier alpha value is -2.28. The molecule has 32 atom stereocenters. The molecule has 0 bridgehead atoms. The first-order chi connectivity index (χ1) is 45.8. The van der Waals surface area contributed by atoms with Crippen LogP contribution < -0.4 is 0 Å². The van der Waals surface area contributed by atoms with E-state index in [1.807, 2.05) is 19.9 Å². The molecule has 5 aliphatic heterocycles. The molecule has 9 aliphatic rings. The number of fused-ring (bicyclic) bond motifs is 5. The van der Waals surface area contributed by atoms with Gasteiger partial charge in [-0.3, -0.25) is 18.5 Å². The van der Waals surface area contributed by atoms with Gasteiger partial charge in [0, 0.05) is 20.5 Å². The predicted molar refractivity (Wildman–Crippen MR) is 331 cm³/mol. The fourth-order valence-corrected chi connectivity index (χ4v) is 18.6. The summed E-state index contributed by atoms with van der Waals surface area (Å²) in [6.45, 7) is 15.5. The van der Waals surface area contributed by atoms with Crippen LogP contribution in [-0.2, 0) is 105 Å². The number of carbonyl (C=O) groups is 1. The molecule has 99 heavy (non-hydrogen) atoms. The van der Waals surface area contributed by atoms with E-state index in [0.29, 0.717) is 32.1 Å². The standard InChI is InChI=1S/C61H100O35S3/c1-26(2)12-15-38(88-28(4)62)61(10,72)36-17-21-59(8)30-13-14-35-57(5,6)37(18-19-58(35,7)29(30)16-20-60(36,59)9)91-55-50(42(67)34(23-84-55)96-99(79,80)81)95-56-51(94-52-43(68)39(64)31(63)22-83-52)44(69)47(27(3)87-56)92-54-46(71)49(41(66)33(90-54)25-86-98(76,77)78)93-53-45(70)48(82-11)40(65)32(89-53)24-85-97(73,74)75/h12,16,27,30-56,63-72H,13-15,17-25H2,1-11H3,(H,73,74,75)(H,76,77,78)(H,79,80,81)/t27-,30-,31-,32-,33-,34-,35+,36+,37+,38-,39+,40-,41-,42+,43-,44+,45-,46-,47-,48+,49+,50-,51-,52+,53+,54+,55+,56+,58-,59+,60-,61-/m1/s1. The number of methoxy groups -OCH3 is 1. The van der Waals surface area contributed by atoms with Gasteiger partial charge in [-0.15, -0.1) is 0 Å². The Labute approximate surface area is 575 Å². The Morgan fingerprint density at radius 2 is 1.17 bits per heavy atom. The molecule has 38 heteroatoms. The molecular weight excluding hydrogens is 1390 g/mol. The van der Waals surface area contributed by atoms with Gasteiger partial charge in [0.25, 0.3) is 0 Å². The van der Waals surface area contributed by atoms with E-state index in [9.17, 15) is 94.8 Å². The summed E-state index contributed by atoms with van der Waals surface area (Å²) < 4.78 is 186. The molecule has 5 saturated heterocycles. The van der Waals surface area contributed by atoms with Gasteiger partial charge < -0.3 is 108 Å². The van der Waals surface area contributed by atoms with E-state index in [1.54, 1.807) is 6.92 Å². The highest BCUT2D eigenvalue weighted by Gasteiger charge is 2.69. The lowest BCUT2D eigenvalue weighted by atomic mass is 9.41. The predicted octanol–water partition coefficient (Wildman–Crippen LogP) is -1.45. The van der Waals surface area contributed by atoms with Crippen LogP contribution in [0.25, 0.3) is 0 Å². The van der Waals surface area contributed by atoms with Crippen LogP contribution in [0.5, 0.6) is 0 Å². The third-order valence-corrected chi connectivity index (χ3v) is 24.2. The van der Waals surface area contributed by atoms with Crippen LogP contribution in [0.3, 0.4) is 0 Å². The van der Waals surface area contributed by atoms with Crippen LogP contribution in [0.1, 0.15) is 121 Å². The minimum absolute atomic E-state index is 0.0527. The summed E-state index contributed by atoms with van der Waals surface area (Å²) in [6.07, 6.45) is -37.8. The molecule has 0 radical (unpaired) electrons. The Morgan fingerprint density at radius 1 is 0.616 bits per heavy atom. The number of aliphatic hydroxyl groups excluding tert-OH is 9. The molecular formula is C61H100O35S3. The van der Waals surface area contributed by atoms with Gasteiger partial charge in [-0.05, 0) is 112 Å². The van der Waals surface area contributed by atoms with Gasteiger partial charge in [0.1, 0.15) is 115 Å². The van der Waals surface area contributed by atoms with Crippen molar-refractivity contribution in [2.24, 2.45) is 39.4 Å².